The van der Waals surface area contributed by atoms with E-state index in [1.54, 1.807) is 6.21 Å². The smallest absolute Gasteiger partial charge is 0.288 e. The Balaban J connectivity index is 0.000000291. The molecule has 2 rings (SSSR count). The number of nitrogens with two attached hydrogens (primary N) is 2. The highest BCUT2D eigenvalue weighted by Crippen LogP contribution is 2.23. The quantitative estimate of drug-likeness (QED) is 0.601. The second-order valence-corrected chi connectivity index (χ2v) is 5.86. The minimum atomic E-state index is -0.183. The first kappa shape index (κ1) is 22.6. The van der Waals surface area contributed by atoms with Gasteiger partial charge >= 0.3 is 0 Å². The van der Waals surface area contributed by atoms with Crippen molar-refractivity contribution in [2.24, 2.45) is 27.4 Å². The molecule has 144 valence electrons. The van der Waals surface area contributed by atoms with E-state index in [4.69, 9.17) is 37.8 Å². The molecule has 0 spiro atoms. The minimum absolute atomic E-state index is 0.0203. The van der Waals surface area contributed by atoms with E-state index in [1.165, 1.54) is 19.1 Å². The zero-order valence-corrected chi connectivity index (χ0v) is 15.8. The summed E-state index contributed by atoms with van der Waals surface area (Å²) in [5.74, 6) is 0.109. The summed E-state index contributed by atoms with van der Waals surface area (Å²) in [5.41, 5.74) is 11.5. The number of hydrogen-bond acceptors (Lipinski definition) is 4. The predicted octanol–water partition coefficient (Wildman–Crippen LogP) is 4.20. The number of rotatable bonds is 4. The second-order valence-electron chi connectivity index (χ2n) is 5.86. The minimum Gasteiger partial charge on any atom is -0.374 e. The van der Waals surface area contributed by atoms with Crippen LogP contribution < -0.4 is 11.5 Å². The van der Waals surface area contributed by atoms with Crippen molar-refractivity contribution in [1.82, 2.24) is 0 Å². The van der Waals surface area contributed by atoms with E-state index in [1.807, 2.05) is 30.3 Å². The van der Waals surface area contributed by atoms with Crippen LogP contribution in [0.1, 0.15) is 31.2 Å². The lowest BCUT2D eigenvalue weighted by Gasteiger charge is -1.96. The van der Waals surface area contributed by atoms with E-state index < -0.39 is 0 Å². The Morgan fingerprint density at radius 2 is 1.34 bits per heavy atom. The summed E-state index contributed by atoms with van der Waals surface area (Å²) in [5, 5.41) is 0. The molecule has 0 aromatic heterocycles. The van der Waals surface area contributed by atoms with Crippen LogP contribution in [0.4, 0.5) is 0 Å². The summed E-state index contributed by atoms with van der Waals surface area (Å²) in [6, 6.07) is 9.30. The van der Waals surface area contributed by atoms with Crippen LogP contribution in [0.5, 0.6) is 0 Å². The van der Waals surface area contributed by atoms with Gasteiger partial charge in [-0.25, -0.2) is 0 Å². The molecule has 1 aromatic carbocycles. The van der Waals surface area contributed by atoms with Gasteiger partial charge in [-0.3, -0.25) is 0 Å². The first-order valence-corrected chi connectivity index (χ1v) is 8.68. The van der Waals surface area contributed by atoms with Gasteiger partial charge in [-0.1, -0.05) is 69.5 Å². The fourth-order valence-electron chi connectivity index (χ4n) is 2.36. The second kappa shape index (κ2) is 12.9. The molecule has 0 saturated heterocycles. The lowest BCUT2D eigenvalue weighted by molar-refractivity contribution is 0.743. The summed E-state index contributed by atoms with van der Waals surface area (Å²) in [4.78, 5) is 19.9. The standard InChI is InChI=1S/C11H8N4.C10H12N4/c1-13-10(12)11(14-2)15-8-9-6-4-3-5-7-9;1-12-9(11)10(13-2)14-7-8-5-3-4-6-8/h3-8H,12H2;7-8H,3-6,11H2/b11-10+,15-8?;10-9+,14-7?. The Morgan fingerprint density at radius 3 is 1.83 bits per heavy atom. The number of aliphatic imine (C=N–C) groups is 2. The molecule has 1 aromatic rings. The zero-order valence-electron chi connectivity index (χ0n) is 15.8. The van der Waals surface area contributed by atoms with E-state index in [0.717, 1.165) is 18.4 Å². The maximum Gasteiger partial charge on any atom is 0.288 e. The molecule has 29 heavy (non-hydrogen) atoms. The van der Waals surface area contributed by atoms with E-state index in [0.29, 0.717) is 5.92 Å². The highest BCUT2D eigenvalue weighted by Gasteiger charge is 2.14. The number of nitrogens with zero attached hydrogens (tertiary/aromatic N) is 6. The average molecular weight is 384 g/mol. The van der Waals surface area contributed by atoms with Crippen LogP contribution in [-0.4, -0.2) is 12.4 Å². The van der Waals surface area contributed by atoms with E-state index >= 15 is 0 Å². The van der Waals surface area contributed by atoms with Crippen molar-refractivity contribution in [1.29, 1.82) is 0 Å². The Bertz CT molecular complexity index is 967. The number of benzene rings is 1. The maximum absolute atomic E-state index is 6.80. The van der Waals surface area contributed by atoms with Crippen LogP contribution in [0.2, 0.25) is 0 Å². The molecule has 0 amide bonds. The Hall–Kier alpha value is -4.40. The predicted molar refractivity (Wildman–Crippen MR) is 113 cm³/mol. The third-order valence-electron chi connectivity index (χ3n) is 3.85. The van der Waals surface area contributed by atoms with E-state index in [2.05, 4.69) is 29.4 Å². The summed E-state index contributed by atoms with van der Waals surface area (Å²) >= 11 is 0. The molecule has 0 radical (unpaired) electrons. The molecular formula is C21H20N8. The Labute approximate surface area is 170 Å². The first-order chi connectivity index (χ1) is 14.0. The van der Waals surface area contributed by atoms with E-state index in [-0.39, 0.29) is 23.3 Å². The molecule has 4 N–H and O–H groups in total. The summed E-state index contributed by atoms with van der Waals surface area (Å²) in [7, 11) is 0. The Morgan fingerprint density at radius 1 is 0.828 bits per heavy atom. The van der Waals surface area contributed by atoms with Gasteiger partial charge in [0.25, 0.3) is 11.6 Å². The van der Waals surface area contributed by atoms with Crippen LogP contribution >= 0.6 is 0 Å². The molecule has 0 bridgehead atoms. The summed E-state index contributed by atoms with van der Waals surface area (Å²) in [6.45, 7) is 26.9. The van der Waals surface area contributed by atoms with Gasteiger partial charge in [0.1, 0.15) is 6.21 Å². The number of hydrogen-bond donors (Lipinski definition) is 2. The monoisotopic (exact) mass is 384 g/mol. The Kier molecular flexibility index (Phi) is 10.1. The molecule has 0 atom stereocenters. The van der Waals surface area contributed by atoms with Crippen molar-refractivity contribution < 1.29 is 0 Å². The molecular weight excluding hydrogens is 364 g/mol. The molecule has 1 fully saturated rings. The molecule has 1 aliphatic rings. The summed E-state index contributed by atoms with van der Waals surface area (Å²) < 4.78 is 0. The van der Waals surface area contributed by atoms with Gasteiger partial charge < -0.3 is 30.8 Å². The van der Waals surface area contributed by atoms with Gasteiger partial charge in [0.15, 0.2) is 0 Å². The van der Waals surface area contributed by atoms with Crippen LogP contribution in [0, 0.1) is 32.2 Å². The molecule has 8 nitrogen and oxygen atoms in total. The normalized spacial score (nSPS) is 15.2. The maximum atomic E-state index is 6.80. The van der Waals surface area contributed by atoms with E-state index in [9.17, 15) is 0 Å². The van der Waals surface area contributed by atoms with Crippen LogP contribution in [-0.2, 0) is 0 Å². The average Bonchev–Trinajstić information content (AvgIpc) is 3.29. The molecule has 1 aliphatic carbocycles. The van der Waals surface area contributed by atoms with Crippen LogP contribution in [0.15, 0.2) is 63.6 Å². The fraction of sp³-hybridized carbons (Fsp3) is 0.238. The van der Waals surface area contributed by atoms with Gasteiger partial charge in [0.2, 0.25) is 11.6 Å². The SMILES string of the molecule is [C-]#[N+]/C(N)=C(/N=CC1CCCC1)[N+]#[C-].[C-]#[N+]/C(N)=C(/N=Cc1ccccc1)[N+]#[C-]. The molecule has 1 saturated carbocycles. The van der Waals surface area contributed by atoms with Gasteiger partial charge in [-0.2, -0.15) is 0 Å². The molecule has 8 heteroatoms. The van der Waals surface area contributed by atoms with Crippen LogP contribution in [0.3, 0.4) is 0 Å². The first-order valence-electron chi connectivity index (χ1n) is 8.68. The van der Waals surface area contributed by atoms with Crippen molar-refractivity contribution in [3.8, 4) is 0 Å². The summed E-state index contributed by atoms with van der Waals surface area (Å²) in [6.07, 6.45) is 7.99. The van der Waals surface area contributed by atoms with Gasteiger partial charge in [0.05, 0.1) is 6.21 Å². The largest absolute Gasteiger partial charge is 0.374 e. The highest BCUT2D eigenvalue weighted by atomic mass is 15.0. The van der Waals surface area contributed by atoms with Crippen molar-refractivity contribution in [3.63, 3.8) is 0 Å². The van der Waals surface area contributed by atoms with Crippen molar-refractivity contribution in [3.05, 3.63) is 105 Å². The fourth-order valence-corrected chi connectivity index (χ4v) is 2.36. The molecule has 0 heterocycles. The zero-order chi connectivity index (χ0) is 21.5. The topological polar surface area (TPSA) is 94.2 Å². The van der Waals surface area contributed by atoms with Gasteiger partial charge in [-0.05, 0) is 12.8 Å². The molecule has 0 unspecified atom stereocenters. The third kappa shape index (κ3) is 8.22. The lowest BCUT2D eigenvalue weighted by Crippen LogP contribution is -1.97. The van der Waals surface area contributed by atoms with Gasteiger partial charge in [0, 0.05) is 11.5 Å². The third-order valence-corrected chi connectivity index (χ3v) is 3.85. The van der Waals surface area contributed by atoms with Gasteiger partial charge in [-0.15, -0.1) is 9.98 Å². The van der Waals surface area contributed by atoms with Crippen molar-refractivity contribution in [2.45, 2.75) is 25.7 Å². The highest BCUT2D eigenvalue weighted by molar-refractivity contribution is 5.80. The molecule has 0 aliphatic heterocycles. The van der Waals surface area contributed by atoms with Crippen molar-refractivity contribution in [2.75, 3.05) is 0 Å². The van der Waals surface area contributed by atoms with Crippen molar-refractivity contribution >= 4 is 12.4 Å². The van der Waals surface area contributed by atoms with Crippen LogP contribution in [0.25, 0.3) is 19.4 Å². The lowest BCUT2D eigenvalue weighted by atomic mass is 10.1.